The minimum atomic E-state index is -0.829. The molecule has 0 rings (SSSR count). The predicted octanol–water partition coefficient (Wildman–Crippen LogP) is 20.5. The number of esters is 3. The maximum atomic E-state index is 12.9. The topological polar surface area (TPSA) is 78.9 Å². The van der Waals surface area contributed by atoms with E-state index in [-0.39, 0.29) is 44.0 Å². The van der Waals surface area contributed by atoms with Gasteiger partial charge in [-0.15, -0.1) is 0 Å². The monoisotopic (exact) mass is 1030 g/mol. The molecule has 75 heavy (non-hydrogen) atoms. The summed E-state index contributed by atoms with van der Waals surface area (Å²) < 4.78 is 16.8. The number of allylic oxidation sites excluding steroid dienone is 26. The smallest absolute Gasteiger partial charge is 0.306 e. The van der Waals surface area contributed by atoms with Crippen molar-refractivity contribution in [2.45, 2.75) is 245 Å². The standard InChI is InChI=1S/C69H108O6/c1-4-7-10-13-16-19-22-25-27-29-31-32-33-34-35-36-38-39-41-44-47-50-53-56-59-62-68(71)74-65-66(64-73-67(70)61-58-55-52-49-46-43-24-21-18-15-12-9-6-3)75-69(72)63-60-57-54-51-48-45-42-40-37-30-28-26-23-20-17-14-11-8-5-2/h7,9-10,12,16-21,25-28,31-32,34-35,37-40,43,46,52,55,66H,4-6,8,11,13-15,22-24,29-30,33,36,41-42,44-45,47-51,53-54,56-65H2,1-3H3/b10-7-,12-9-,19-16-,20-17-,21-18-,27-25-,28-26-,32-31-,35-34-,39-38-,40-37-,46-43-,55-52-. The van der Waals surface area contributed by atoms with Crippen LogP contribution in [0, 0.1) is 0 Å². The highest BCUT2D eigenvalue weighted by molar-refractivity contribution is 5.71. The van der Waals surface area contributed by atoms with E-state index in [0.717, 1.165) is 141 Å². The summed E-state index contributed by atoms with van der Waals surface area (Å²) in [5.74, 6) is -1.04. The molecule has 0 amide bonds. The van der Waals surface area contributed by atoms with Gasteiger partial charge in [-0.25, -0.2) is 0 Å². The zero-order chi connectivity index (χ0) is 54.3. The van der Waals surface area contributed by atoms with Crippen LogP contribution in [0.5, 0.6) is 0 Å². The van der Waals surface area contributed by atoms with Gasteiger partial charge in [-0.2, -0.15) is 0 Å². The number of unbranched alkanes of at least 4 members (excludes halogenated alkanes) is 15. The second-order valence-electron chi connectivity index (χ2n) is 19.1. The van der Waals surface area contributed by atoms with Crippen molar-refractivity contribution >= 4 is 17.9 Å². The zero-order valence-corrected chi connectivity index (χ0v) is 48.0. The molecule has 420 valence electrons. The largest absolute Gasteiger partial charge is 0.462 e. The summed E-state index contributed by atoms with van der Waals surface area (Å²) in [6.45, 7) is 6.28. The van der Waals surface area contributed by atoms with Gasteiger partial charge in [0, 0.05) is 19.3 Å². The summed E-state index contributed by atoms with van der Waals surface area (Å²) in [6, 6.07) is 0. The van der Waals surface area contributed by atoms with Gasteiger partial charge < -0.3 is 14.2 Å². The van der Waals surface area contributed by atoms with Crippen molar-refractivity contribution in [3.05, 3.63) is 158 Å². The molecule has 0 aromatic heterocycles. The number of hydrogen-bond donors (Lipinski definition) is 0. The Hall–Kier alpha value is -4.97. The Morgan fingerprint density at radius 2 is 0.547 bits per heavy atom. The van der Waals surface area contributed by atoms with Gasteiger partial charge in [-0.3, -0.25) is 14.4 Å². The van der Waals surface area contributed by atoms with Crippen molar-refractivity contribution in [1.29, 1.82) is 0 Å². The molecule has 0 aliphatic carbocycles. The third-order valence-corrected chi connectivity index (χ3v) is 12.0. The van der Waals surface area contributed by atoms with Gasteiger partial charge in [0.25, 0.3) is 0 Å². The lowest BCUT2D eigenvalue weighted by Crippen LogP contribution is -2.30. The first-order valence-electron chi connectivity index (χ1n) is 30.0. The summed E-state index contributed by atoms with van der Waals surface area (Å²) in [4.78, 5) is 38.2. The predicted molar refractivity (Wildman–Crippen MR) is 325 cm³/mol. The zero-order valence-electron chi connectivity index (χ0n) is 48.0. The number of carbonyl (C=O) groups excluding carboxylic acids is 3. The number of carbonyl (C=O) groups is 3. The van der Waals surface area contributed by atoms with E-state index in [1.54, 1.807) is 0 Å². The van der Waals surface area contributed by atoms with Crippen molar-refractivity contribution in [3.8, 4) is 0 Å². The molecule has 6 heteroatoms. The van der Waals surface area contributed by atoms with E-state index < -0.39 is 6.10 Å². The second kappa shape index (κ2) is 61.6. The molecule has 0 N–H and O–H groups in total. The number of rotatable bonds is 52. The van der Waals surface area contributed by atoms with Gasteiger partial charge >= 0.3 is 17.9 Å². The number of ether oxygens (including phenoxy) is 3. The quantitative estimate of drug-likeness (QED) is 0.0261. The summed E-state index contributed by atoms with van der Waals surface area (Å²) >= 11 is 0. The van der Waals surface area contributed by atoms with Crippen molar-refractivity contribution in [3.63, 3.8) is 0 Å². The lowest BCUT2D eigenvalue weighted by Gasteiger charge is -2.18. The fourth-order valence-electron chi connectivity index (χ4n) is 7.58. The highest BCUT2D eigenvalue weighted by Gasteiger charge is 2.19. The summed E-state index contributed by atoms with van der Waals surface area (Å²) in [5, 5.41) is 0. The molecule has 0 saturated heterocycles. The highest BCUT2D eigenvalue weighted by Crippen LogP contribution is 2.13. The van der Waals surface area contributed by atoms with Crippen LogP contribution in [0.4, 0.5) is 0 Å². The first kappa shape index (κ1) is 70.0. The maximum Gasteiger partial charge on any atom is 0.306 e. The molecule has 0 bridgehead atoms. The van der Waals surface area contributed by atoms with Gasteiger partial charge in [-0.1, -0.05) is 243 Å². The van der Waals surface area contributed by atoms with Crippen LogP contribution in [-0.2, 0) is 28.6 Å². The minimum Gasteiger partial charge on any atom is -0.462 e. The summed E-state index contributed by atoms with van der Waals surface area (Å²) in [7, 11) is 0. The van der Waals surface area contributed by atoms with Crippen molar-refractivity contribution in [2.24, 2.45) is 0 Å². The van der Waals surface area contributed by atoms with Gasteiger partial charge in [0.05, 0.1) is 0 Å². The molecule has 1 unspecified atom stereocenters. The van der Waals surface area contributed by atoms with E-state index >= 15 is 0 Å². The highest BCUT2D eigenvalue weighted by atomic mass is 16.6. The van der Waals surface area contributed by atoms with Crippen LogP contribution in [-0.4, -0.2) is 37.2 Å². The lowest BCUT2D eigenvalue weighted by atomic mass is 10.1. The molecule has 1 atom stereocenters. The lowest BCUT2D eigenvalue weighted by molar-refractivity contribution is -0.166. The first-order valence-corrected chi connectivity index (χ1v) is 30.0. The van der Waals surface area contributed by atoms with E-state index in [2.05, 4.69) is 167 Å². The molecule has 0 fully saturated rings. The van der Waals surface area contributed by atoms with Crippen molar-refractivity contribution < 1.29 is 28.6 Å². The molecule has 0 radical (unpaired) electrons. The third-order valence-electron chi connectivity index (χ3n) is 12.0. The Balaban J connectivity index is 4.48. The van der Waals surface area contributed by atoms with Gasteiger partial charge in [0.15, 0.2) is 6.10 Å². The fraction of sp³-hybridized carbons (Fsp3) is 0.580. The summed E-state index contributed by atoms with van der Waals surface area (Å²) in [6.07, 6.45) is 89.6. The van der Waals surface area contributed by atoms with E-state index in [4.69, 9.17) is 14.2 Å². The third kappa shape index (κ3) is 59.8. The number of hydrogen-bond acceptors (Lipinski definition) is 6. The fourth-order valence-corrected chi connectivity index (χ4v) is 7.58. The average Bonchev–Trinajstić information content (AvgIpc) is 3.41. The molecule has 0 heterocycles. The van der Waals surface area contributed by atoms with Gasteiger partial charge in [0.2, 0.25) is 0 Å². The average molecular weight is 1030 g/mol. The Kier molecular flexibility index (Phi) is 57.5. The van der Waals surface area contributed by atoms with Crippen LogP contribution in [0.15, 0.2) is 158 Å². The summed E-state index contributed by atoms with van der Waals surface area (Å²) in [5.41, 5.74) is 0. The molecular formula is C69H108O6. The Morgan fingerprint density at radius 1 is 0.280 bits per heavy atom. The van der Waals surface area contributed by atoms with Crippen LogP contribution < -0.4 is 0 Å². The van der Waals surface area contributed by atoms with Crippen molar-refractivity contribution in [1.82, 2.24) is 0 Å². The Morgan fingerprint density at radius 3 is 0.893 bits per heavy atom. The van der Waals surface area contributed by atoms with E-state index in [9.17, 15) is 14.4 Å². The second-order valence-corrected chi connectivity index (χ2v) is 19.1. The molecule has 0 aromatic carbocycles. The van der Waals surface area contributed by atoms with Gasteiger partial charge in [-0.05, 0) is 135 Å². The molecule has 0 aromatic rings. The van der Waals surface area contributed by atoms with E-state index in [0.29, 0.717) is 12.8 Å². The van der Waals surface area contributed by atoms with Crippen molar-refractivity contribution in [2.75, 3.05) is 13.2 Å². The minimum absolute atomic E-state index is 0.120. The van der Waals surface area contributed by atoms with Crippen LogP contribution in [0.1, 0.15) is 239 Å². The van der Waals surface area contributed by atoms with Crippen LogP contribution in [0.25, 0.3) is 0 Å². The first-order chi connectivity index (χ1) is 37.0. The van der Waals surface area contributed by atoms with E-state index in [1.165, 1.54) is 51.4 Å². The maximum absolute atomic E-state index is 12.9. The van der Waals surface area contributed by atoms with Crippen LogP contribution in [0.2, 0.25) is 0 Å². The molecular weight excluding hydrogens is 925 g/mol. The normalized spacial score (nSPS) is 13.3. The molecule has 6 nitrogen and oxygen atoms in total. The molecule has 0 spiro atoms. The van der Waals surface area contributed by atoms with Gasteiger partial charge in [0.1, 0.15) is 13.2 Å². The SMILES string of the molecule is CC/C=C\C/C=C\C/C=C\C/C=C\C/C=C\C/C=C\CCCCCCCCC(=O)OCC(COC(=O)CC/C=C\C/C=C\C/C=C\C/C=C\CC)OC(=O)CCCCCCCC/C=C\C/C=C\C/C=C\CCCCC. The Bertz CT molecular complexity index is 1710. The van der Waals surface area contributed by atoms with E-state index in [1.807, 2.05) is 12.2 Å². The molecule has 0 aliphatic rings. The molecule has 0 aliphatic heterocycles. The Labute approximate surface area is 460 Å². The van der Waals surface area contributed by atoms with Crippen LogP contribution >= 0.6 is 0 Å². The molecule has 0 saturated carbocycles. The van der Waals surface area contributed by atoms with Crippen LogP contribution in [0.3, 0.4) is 0 Å².